The minimum atomic E-state index is -0.0924. The van der Waals surface area contributed by atoms with Gasteiger partial charge in [-0.15, -0.1) is 0 Å². The van der Waals surface area contributed by atoms with Crippen molar-refractivity contribution in [3.8, 4) is 5.75 Å². The van der Waals surface area contributed by atoms with Crippen LogP contribution in [-0.2, 0) is 16.9 Å². The number of piperidine rings is 1. The molecule has 0 saturated carbocycles. The molecule has 0 aliphatic carbocycles. The number of fused-ring (bicyclic) bond motifs is 1. The van der Waals surface area contributed by atoms with Crippen LogP contribution in [0.3, 0.4) is 0 Å². The van der Waals surface area contributed by atoms with Crippen molar-refractivity contribution in [3.05, 3.63) is 102 Å². The van der Waals surface area contributed by atoms with E-state index < -0.39 is 0 Å². The molecular weight excluding hydrogens is 358 g/mol. The summed E-state index contributed by atoms with van der Waals surface area (Å²) in [7, 11) is 0. The van der Waals surface area contributed by atoms with Crippen LogP contribution in [0, 0.1) is 0 Å². The predicted molar refractivity (Wildman–Crippen MR) is 115 cm³/mol. The average Bonchev–Trinajstić information content (AvgIpc) is 3.54. The molecule has 3 heteroatoms. The minimum absolute atomic E-state index is 0.0924. The Labute approximate surface area is 172 Å². The monoisotopic (exact) mass is 385 g/mol. The molecule has 3 aromatic rings. The molecule has 148 valence electrons. The third kappa shape index (κ3) is 3.68. The Morgan fingerprint density at radius 2 is 1.66 bits per heavy atom. The Hall–Kier alpha value is -2.62. The highest BCUT2D eigenvalue weighted by atomic mass is 16.6. The van der Waals surface area contributed by atoms with Gasteiger partial charge in [-0.3, -0.25) is 4.90 Å². The van der Waals surface area contributed by atoms with E-state index in [0.29, 0.717) is 18.8 Å². The van der Waals surface area contributed by atoms with Crippen LogP contribution in [0.25, 0.3) is 0 Å². The zero-order valence-electron chi connectivity index (χ0n) is 16.8. The Balaban J connectivity index is 1.21. The molecule has 0 radical (unpaired) electrons. The van der Waals surface area contributed by atoms with Gasteiger partial charge in [0, 0.05) is 19.1 Å². The lowest BCUT2D eigenvalue weighted by Crippen LogP contribution is -2.39. The van der Waals surface area contributed by atoms with Crippen molar-refractivity contribution in [1.29, 1.82) is 0 Å². The molecule has 0 N–H and O–H groups in total. The summed E-state index contributed by atoms with van der Waals surface area (Å²) in [6.07, 6.45) is 1.33. The standard InChI is InChI=1S/C26H27NO2/c1-20(22-10-6-3-7-11-22)27-17-16-26(25(18-27)29-26)23-12-14-24(15-13-23)28-19-21-8-4-2-5-9-21/h2-15,20,25H,16-19H2,1H3/t20-,25-,26?/m1/s1. The van der Waals surface area contributed by atoms with Gasteiger partial charge in [0.2, 0.25) is 0 Å². The highest BCUT2D eigenvalue weighted by Gasteiger charge is 2.60. The van der Waals surface area contributed by atoms with E-state index in [0.717, 1.165) is 25.3 Å². The fourth-order valence-electron chi connectivity index (χ4n) is 4.51. The van der Waals surface area contributed by atoms with Gasteiger partial charge in [-0.25, -0.2) is 0 Å². The fraction of sp³-hybridized carbons (Fsp3) is 0.308. The first kappa shape index (κ1) is 18.4. The molecule has 29 heavy (non-hydrogen) atoms. The number of hydrogen-bond donors (Lipinski definition) is 0. The van der Waals surface area contributed by atoms with Crippen molar-refractivity contribution < 1.29 is 9.47 Å². The molecule has 2 saturated heterocycles. The van der Waals surface area contributed by atoms with Crippen LogP contribution in [-0.4, -0.2) is 24.1 Å². The third-order valence-corrected chi connectivity index (χ3v) is 6.41. The molecule has 1 unspecified atom stereocenters. The van der Waals surface area contributed by atoms with Crippen molar-refractivity contribution >= 4 is 0 Å². The second-order valence-electron chi connectivity index (χ2n) is 8.13. The molecule has 3 atom stereocenters. The Kier molecular flexibility index (Phi) is 4.86. The maximum Gasteiger partial charge on any atom is 0.122 e. The van der Waals surface area contributed by atoms with Gasteiger partial charge in [-0.05, 0) is 42.2 Å². The second-order valence-corrected chi connectivity index (χ2v) is 8.13. The van der Waals surface area contributed by atoms with Crippen LogP contribution >= 0.6 is 0 Å². The van der Waals surface area contributed by atoms with Gasteiger partial charge in [0.15, 0.2) is 0 Å². The first-order valence-corrected chi connectivity index (χ1v) is 10.5. The largest absolute Gasteiger partial charge is 0.489 e. The van der Waals surface area contributed by atoms with E-state index in [-0.39, 0.29) is 5.60 Å². The highest BCUT2D eigenvalue weighted by molar-refractivity contribution is 5.36. The first-order valence-electron chi connectivity index (χ1n) is 10.5. The lowest BCUT2D eigenvalue weighted by atomic mass is 9.88. The van der Waals surface area contributed by atoms with Gasteiger partial charge in [0.05, 0.1) is 0 Å². The molecule has 0 bridgehead atoms. The molecule has 2 aliphatic rings. The minimum Gasteiger partial charge on any atom is -0.489 e. The SMILES string of the molecule is C[C@H](c1ccccc1)N1CCC2(c3ccc(OCc4ccccc4)cc3)O[C@@H]2C1. The van der Waals surface area contributed by atoms with Crippen LogP contribution in [0.2, 0.25) is 0 Å². The van der Waals surface area contributed by atoms with E-state index in [4.69, 9.17) is 9.47 Å². The number of likely N-dealkylation sites (tertiary alicyclic amines) is 1. The predicted octanol–water partition coefficient (Wildman–Crippen LogP) is 5.33. The quantitative estimate of drug-likeness (QED) is 0.537. The van der Waals surface area contributed by atoms with E-state index in [9.17, 15) is 0 Å². The summed E-state index contributed by atoms with van der Waals surface area (Å²) in [5.41, 5.74) is 3.74. The summed E-state index contributed by atoms with van der Waals surface area (Å²) in [4.78, 5) is 2.54. The van der Waals surface area contributed by atoms with Gasteiger partial charge in [-0.1, -0.05) is 72.8 Å². The number of rotatable bonds is 6. The van der Waals surface area contributed by atoms with E-state index in [2.05, 4.69) is 78.6 Å². The smallest absolute Gasteiger partial charge is 0.122 e. The van der Waals surface area contributed by atoms with Crippen LogP contribution in [0.1, 0.15) is 36.1 Å². The molecule has 0 amide bonds. The van der Waals surface area contributed by atoms with Gasteiger partial charge < -0.3 is 9.47 Å². The van der Waals surface area contributed by atoms with Crippen molar-refractivity contribution in [2.75, 3.05) is 13.1 Å². The van der Waals surface area contributed by atoms with Gasteiger partial charge in [-0.2, -0.15) is 0 Å². The first-order chi connectivity index (χ1) is 14.2. The molecule has 3 aromatic carbocycles. The van der Waals surface area contributed by atoms with E-state index >= 15 is 0 Å². The van der Waals surface area contributed by atoms with Gasteiger partial charge in [0.25, 0.3) is 0 Å². The maximum absolute atomic E-state index is 6.25. The number of nitrogens with zero attached hydrogens (tertiary/aromatic N) is 1. The summed E-state index contributed by atoms with van der Waals surface area (Å²) >= 11 is 0. The zero-order valence-corrected chi connectivity index (χ0v) is 16.8. The summed E-state index contributed by atoms with van der Waals surface area (Å²) in [5, 5.41) is 0. The Morgan fingerprint density at radius 1 is 0.966 bits per heavy atom. The molecule has 3 nitrogen and oxygen atoms in total. The molecule has 0 aromatic heterocycles. The summed E-state index contributed by atoms with van der Waals surface area (Å²) in [6.45, 7) is 4.93. The Bertz CT molecular complexity index is 941. The fourth-order valence-corrected chi connectivity index (χ4v) is 4.51. The number of benzene rings is 3. The highest BCUT2D eigenvalue weighted by Crippen LogP contribution is 2.53. The average molecular weight is 386 g/mol. The Morgan fingerprint density at radius 3 is 2.34 bits per heavy atom. The molecule has 0 spiro atoms. The number of ether oxygens (including phenoxy) is 2. The summed E-state index contributed by atoms with van der Waals surface area (Å²) < 4.78 is 12.2. The van der Waals surface area contributed by atoms with Crippen LogP contribution < -0.4 is 4.74 Å². The molecular formula is C26H27NO2. The van der Waals surface area contributed by atoms with Crippen molar-refractivity contribution in [1.82, 2.24) is 4.90 Å². The second kappa shape index (κ2) is 7.66. The molecule has 2 aliphatic heterocycles. The number of hydrogen-bond acceptors (Lipinski definition) is 3. The zero-order chi connectivity index (χ0) is 19.7. The maximum atomic E-state index is 6.25. The van der Waals surface area contributed by atoms with Crippen molar-refractivity contribution in [2.24, 2.45) is 0 Å². The van der Waals surface area contributed by atoms with Crippen LogP contribution in [0.15, 0.2) is 84.9 Å². The topological polar surface area (TPSA) is 25.0 Å². The summed E-state index contributed by atoms with van der Waals surface area (Å²) in [5.74, 6) is 0.904. The van der Waals surface area contributed by atoms with E-state index in [1.807, 2.05) is 18.2 Å². The number of epoxide rings is 1. The van der Waals surface area contributed by atoms with Crippen LogP contribution in [0.5, 0.6) is 5.75 Å². The van der Waals surface area contributed by atoms with Gasteiger partial charge in [0.1, 0.15) is 24.1 Å². The van der Waals surface area contributed by atoms with Gasteiger partial charge >= 0.3 is 0 Å². The van der Waals surface area contributed by atoms with Crippen LogP contribution in [0.4, 0.5) is 0 Å². The lowest BCUT2D eigenvalue weighted by Gasteiger charge is -2.33. The molecule has 5 rings (SSSR count). The van der Waals surface area contributed by atoms with E-state index in [1.165, 1.54) is 16.7 Å². The normalized spacial score (nSPS) is 24.5. The lowest BCUT2D eigenvalue weighted by molar-refractivity contribution is 0.174. The molecule has 2 fully saturated rings. The van der Waals surface area contributed by atoms with Crippen molar-refractivity contribution in [2.45, 2.75) is 37.7 Å². The van der Waals surface area contributed by atoms with E-state index in [1.54, 1.807) is 0 Å². The van der Waals surface area contributed by atoms with Crippen molar-refractivity contribution in [3.63, 3.8) is 0 Å². The molecule has 2 heterocycles. The third-order valence-electron chi connectivity index (χ3n) is 6.41. The summed E-state index contributed by atoms with van der Waals surface area (Å²) in [6, 6.07) is 29.9.